The number of aliphatic carboxylic acids is 4. The minimum Gasteiger partial charge on any atom is -0.547 e. The van der Waals surface area contributed by atoms with Gasteiger partial charge < -0.3 is 60.0 Å². The fourth-order valence-corrected chi connectivity index (χ4v) is 3.09. The molecule has 4 unspecified atom stereocenters. The van der Waals surface area contributed by atoms with Gasteiger partial charge in [-0.05, 0) is 22.3 Å². The second-order valence-electron chi connectivity index (χ2n) is 8.53. The third kappa shape index (κ3) is 15.6. The molecule has 0 amide bonds. The molecule has 0 aliphatic heterocycles. The van der Waals surface area contributed by atoms with Crippen LogP contribution in [0.3, 0.4) is 0 Å². The number of benzene rings is 4. The molecule has 0 fully saturated rings. The summed E-state index contributed by atoms with van der Waals surface area (Å²) in [4.78, 5) is 40.6. The van der Waals surface area contributed by atoms with Crippen molar-refractivity contribution in [1.82, 2.24) is 0 Å². The van der Waals surface area contributed by atoms with Crippen LogP contribution in [0.25, 0.3) is 0 Å². The predicted octanol–water partition coefficient (Wildman–Crippen LogP) is -2.12. The maximum atomic E-state index is 10.1. The number of hydrogen-bond donors (Lipinski definition) is 4. The van der Waals surface area contributed by atoms with Crippen molar-refractivity contribution >= 4 is 23.9 Å². The topological polar surface area (TPSA) is 241 Å². The molecule has 0 aliphatic carbocycles. The number of carboxylic acid groups (broad SMARTS) is 4. The van der Waals surface area contributed by atoms with Gasteiger partial charge >= 0.3 is 21.7 Å². The Morgan fingerprint density at radius 1 is 0.356 bits per heavy atom. The third-order valence-electron chi connectivity index (χ3n) is 5.35. The van der Waals surface area contributed by atoms with E-state index in [1.165, 1.54) is 48.5 Å². The van der Waals surface area contributed by atoms with E-state index >= 15 is 0 Å². The number of aliphatic hydroxyl groups excluding tert-OH is 4. The molecule has 4 aromatic carbocycles. The van der Waals surface area contributed by atoms with Crippen LogP contribution in [-0.4, -0.2) is 44.3 Å². The molecule has 4 N–H and O–H groups in total. The summed E-state index contributed by atoms with van der Waals surface area (Å²) in [5, 5.41) is 76.3. The van der Waals surface area contributed by atoms with E-state index in [0.29, 0.717) is 22.3 Å². The smallest absolute Gasteiger partial charge is 0.547 e. The molecule has 12 nitrogen and oxygen atoms in total. The molecule has 0 saturated heterocycles. The molecule has 13 heteroatoms. The molecule has 0 spiro atoms. The number of aliphatic hydroxyl groups is 4. The SMILES string of the molecule is O=C([O-])C(O)c1ccccc1.O=C([O-])C(O)c1ccccc1.O=C([O-])C(O)c1ccccc1.O=C([O-])C(O)c1ccccc1.[Ti+4]. The van der Waals surface area contributed by atoms with Crippen molar-refractivity contribution in [2.75, 3.05) is 0 Å². The van der Waals surface area contributed by atoms with Gasteiger partial charge in [0.25, 0.3) is 0 Å². The van der Waals surface area contributed by atoms with Gasteiger partial charge in [-0.15, -0.1) is 0 Å². The minimum atomic E-state index is -1.52. The number of carbonyl (C=O) groups is 4. The van der Waals surface area contributed by atoms with Crippen molar-refractivity contribution in [3.8, 4) is 0 Å². The van der Waals surface area contributed by atoms with Crippen molar-refractivity contribution in [3.63, 3.8) is 0 Å². The van der Waals surface area contributed by atoms with Crippen molar-refractivity contribution in [2.45, 2.75) is 24.4 Å². The van der Waals surface area contributed by atoms with Gasteiger partial charge in [0.1, 0.15) is 24.4 Å². The summed E-state index contributed by atoms with van der Waals surface area (Å²) in [7, 11) is 0. The normalized spacial score (nSPS) is 12.2. The van der Waals surface area contributed by atoms with Crippen LogP contribution >= 0.6 is 0 Å². The average molecular weight is 652 g/mol. The van der Waals surface area contributed by atoms with E-state index in [2.05, 4.69) is 0 Å². The van der Waals surface area contributed by atoms with Gasteiger partial charge in [0.15, 0.2) is 0 Å². The maximum absolute atomic E-state index is 10.1. The second-order valence-corrected chi connectivity index (χ2v) is 8.53. The van der Waals surface area contributed by atoms with Gasteiger partial charge in [0.05, 0.1) is 23.9 Å². The molecule has 232 valence electrons. The molecule has 45 heavy (non-hydrogen) atoms. The van der Waals surface area contributed by atoms with Crippen LogP contribution in [0.1, 0.15) is 46.7 Å². The molecule has 0 bridgehead atoms. The first kappa shape index (κ1) is 40.3. The van der Waals surface area contributed by atoms with Crippen LogP contribution in [-0.2, 0) is 40.9 Å². The number of hydrogen-bond acceptors (Lipinski definition) is 12. The molecule has 0 heterocycles. The Labute approximate surface area is 273 Å². The summed E-state index contributed by atoms with van der Waals surface area (Å²) >= 11 is 0. The van der Waals surface area contributed by atoms with Crippen LogP contribution in [0, 0.1) is 0 Å². The van der Waals surface area contributed by atoms with Gasteiger partial charge in [0, 0.05) is 0 Å². The zero-order valence-corrected chi connectivity index (χ0v) is 25.0. The monoisotopic (exact) mass is 652 g/mol. The Kier molecular flexibility index (Phi) is 19.6. The summed E-state index contributed by atoms with van der Waals surface area (Å²) in [6.07, 6.45) is -6.07. The van der Waals surface area contributed by atoms with Gasteiger partial charge in [-0.25, -0.2) is 0 Å². The Hall–Kier alpha value is -4.69. The fraction of sp³-hybridized carbons (Fsp3) is 0.125. The zero-order valence-electron chi connectivity index (χ0n) is 23.4. The Morgan fingerprint density at radius 3 is 0.600 bits per heavy atom. The van der Waals surface area contributed by atoms with Crippen molar-refractivity contribution in [1.29, 1.82) is 0 Å². The first-order valence-electron chi connectivity index (χ1n) is 12.6. The first-order chi connectivity index (χ1) is 20.9. The largest absolute Gasteiger partial charge is 4.00 e. The summed E-state index contributed by atoms with van der Waals surface area (Å²) in [6.45, 7) is 0. The van der Waals surface area contributed by atoms with E-state index in [1.54, 1.807) is 72.8 Å². The van der Waals surface area contributed by atoms with Crippen LogP contribution in [0.2, 0.25) is 0 Å². The maximum Gasteiger partial charge on any atom is 4.00 e. The molecule has 4 atom stereocenters. The summed E-state index contributed by atoms with van der Waals surface area (Å²) in [5.74, 6) is -5.90. The molecular formula is C32H28O12Ti. The van der Waals surface area contributed by atoms with E-state index in [9.17, 15) is 39.6 Å². The van der Waals surface area contributed by atoms with Crippen molar-refractivity contribution in [2.24, 2.45) is 0 Å². The van der Waals surface area contributed by atoms with Crippen LogP contribution in [0.5, 0.6) is 0 Å². The number of carbonyl (C=O) groups excluding carboxylic acids is 4. The van der Waals surface area contributed by atoms with Gasteiger partial charge in [0.2, 0.25) is 0 Å². The summed E-state index contributed by atoms with van der Waals surface area (Å²) in [6, 6.07) is 32.4. The quantitative estimate of drug-likeness (QED) is 0.149. The molecule has 0 aliphatic rings. The van der Waals surface area contributed by atoms with E-state index < -0.39 is 48.3 Å². The molecule has 4 aromatic rings. The molecule has 4 rings (SSSR count). The van der Waals surface area contributed by atoms with Gasteiger partial charge in [-0.1, -0.05) is 121 Å². The predicted molar refractivity (Wildman–Crippen MR) is 146 cm³/mol. The standard InChI is InChI=1S/4C8H8O3.Ti/c4*9-7(8(10)11)6-4-2-1-3-5-6;/h4*1-5,7,9H,(H,10,11);/q;;;;+4/p-4. The Balaban J connectivity index is 0.000000569. The number of rotatable bonds is 8. The molecule has 0 radical (unpaired) electrons. The summed E-state index contributed by atoms with van der Waals surface area (Å²) < 4.78 is 0. The second kappa shape index (κ2) is 21.9. The fourth-order valence-electron chi connectivity index (χ4n) is 3.09. The molecule has 0 saturated carbocycles. The van der Waals surface area contributed by atoms with E-state index in [-0.39, 0.29) is 21.7 Å². The van der Waals surface area contributed by atoms with E-state index in [1.807, 2.05) is 0 Å². The van der Waals surface area contributed by atoms with E-state index in [0.717, 1.165) is 0 Å². The number of carboxylic acids is 4. The van der Waals surface area contributed by atoms with Crippen LogP contribution < -0.4 is 20.4 Å². The summed E-state index contributed by atoms with van der Waals surface area (Å²) in [5.41, 5.74) is 1.36. The van der Waals surface area contributed by atoms with Gasteiger partial charge in [-0.3, -0.25) is 0 Å². The van der Waals surface area contributed by atoms with Crippen molar-refractivity contribution in [3.05, 3.63) is 144 Å². The van der Waals surface area contributed by atoms with Crippen LogP contribution in [0.4, 0.5) is 0 Å². The molecular weight excluding hydrogens is 624 g/mol. The Morgan fingerprint density at radius 2 is 0.489 bits per heavy atom. The van der Waals surface area contributed by atoms with E-state index in [4.69, 9.17) is 20.4 Å². The third-order valence-corrected chi connectivity index (χ3v) is 5.35. The molecule has 0 aromatic heterocycles. The van der Waals surface area contributed by atoms with Crippen LogP contribution in [0.15, 0.2) is 121 Å². The van der Waals surface area contributed by atoms with Gasteiger partial charge in [-0.2, -0.15) is 0 Å². The average Bonchev–Trinajstić information content (AvgIpc) is 3.05. The van der Waals surface area contributed by atoms with Crippen molar-refractivity contribution < 1.29 is 81.7 Å². The minimum absolute atomic E-state index is 0. The zero-order chi connectivity index (χ0) is 33.1. The first-order valence-corrected chi connectivity index (χ1v) is 12.6. The Bertz CT molecular complexity index is 1200.